The molecule has 0 amide bonds. The summed E-state index contributed by atoms with van der Waals surface area (Å²) in [7, 11) is 0. The van der Waals surface area contributed by atoms with E-state index in [0.29, 0.717) is 0 Å². The second kappa shape index (κ2) is 2.96. The molecule has 2 nitrogen and oxygen atoms in total. The fraction of sp³-hybridized carbons (Fsp3) is 0.400. The van der Waals surface area contributed by atoms with E-state index < -0.39 is 12.0 Å². The molecule has 10 heavy (non-hydrogen) atoms. The Morgan fingerprint density at radius 1 is 1.60 bits per heavy atom. The predicted octanol–water partition coefficient (Wildman–Crippen LogP) is 1.33. The van der Waals surface area contributed by atoms with E-state index in [1.807, 2.05) is 0 Å². The molecule has 0 bridgehead atoms. The van der Waals surface area contributed by atoms with Gasteiger partial charge >= 0.3 is 0 Å². The van der Waals surface area contributed by atoms with Crippen LogP contribution >= 0.6 is 11.6 Å². The number of aliphatic imine (C=N–C) groups is 1. The molecule has 0 unspecified atom stereocenters. The summed E-state index contributed by atoms with van der Waals surface area (Å²) in [6.45, 7) is 0.00810. The Balaban J connectivity index is 2.68. The Morgan fingerprint density at radius 3 is 2.80 bits per heavy atom. The first-order valence-corrected chi connectivity index (χ1v) is 3.18. The Hall–Kier alpha value is -0.640. The lowest BCUT2D eigenvalue weighted by molar-refractivity contribution is 0.550. The number of hydrogen-bond donors (Lipinski definition) is 1. The molecule has 1 aliphatic rings. The highest BCUT2D eigenvalue weighted by Gasteiger charge is 2.12. The van der Waals surface area contributed by atoms with Gasteiger partial charge in [0.1, 0.15) is 0 Å². The van der Waals surface area contributed by atoms with Crippen molar-refractivity contribution in [2.45, 2.75) is 0 Å². The third kappa shape index (κ3) is 1.44. The van der Waals surface area contributed by atoms with Gasteiger partial charge in [-0.2, -0.15) is 8.78 Å². The molecule has 1 aliphatic heterocycles. The minimum atomic E-state index is -0.897. The summed E-state index contributed by atoms with van der Waals surface area (Å²) < 4.78 is 24.5. The van der Waals surface area contributed by atoms with Crippen molar-refractivity contribution in [3.63, 3.8) is 0 Å². The van der Waals surface area contributed by atoms with Gasteiger partial charge in [-0.3, -0.25) is 5.32 Å². The fourth-order valence-corrected chi connectivity index (χ4v) is 0.755. The van der Waals surface area contributed by atoms with Gasteiger partial charge in [0, 0.05) is 11.5 Å². The zero-order valence-electron chi connectivity index (χ0n) is 5.00. The molecule has 0 atom stereocenters. The first-order chi connectivity index (χ1) is 4.74. The molecule has 1 heterocycles. The molecule has 0 spiro atoms. The second-order valence-electron chi connectivity index (χ2n) is 1.78. The van der Waals surface area contributed by atoms with Crippen LogP contribution in [0.15, 0.2) is 16.5 Å². The Kier molecular flexibility index (Phi) is 2.21. The third-order valence-corrected chi connectivity index (χ3v) is 1.42. The number of alkyl halides is 1. The van der Waals surface area contributed by atoms with Gasteiger partial charge in [-0.1, -0.05) is 0 Å². The number of nitrogens with one attached hydrogen (secondary N) is 1. The maximum Gasteiger partial charge on any atom is 0.284 e. The molecule has 1 N–H and O–H groups in total. The van der Waals surface area contributed by atoms with Crippen LogP contribution in [0.3, 0.4) is 0 Å². The topological polar surface area (TPSA) is 24.4 Å². The average molecular weight is 167 g/mol. The summed E-state index contributed by atoms with van der Waals surface area (Å²) in [5.41, 5.74) is 0.281. The molecule has 0 aromatic heterocycles. The number of amidine groups is 1. The molecule has 5 heteroatoms. The zero-order chi connectivity index (χ0) is 7.56. The van der Waals surface area contributed by atoms with Crippen LogP contribution < -0.4 is 5.32 Å². The first kappa shape index (κ1) is 7.47. The Labute approximate surface area is 61.6 Å². The Bertz CT molecular complexity index is 200. The summed E-state index contributed by atoms with van der Waals surface area (Å²) in [5, 5.41) is 1.79. The molecule has 56 valence electrons. The third-order valence-electron chi connectivity index (χ3n) is 1.09. The standard InChI is InChI=1S/C5H5ClF2N2/c6-1-3-2-9-5(8)10-4(3)7/h1-2H2,(H,9,10). The highest BCUT2D eigenvalue weighted by molar-refractivity contribution is 6.19. The van der Waals surface area contributed by atoms with Crippen LogP contribution in [0, 0.1) is 0 Å². The lowest BCUT2D eigenvalue weighted by atomic mass is 10.3. The van der Waals surface area contributed by atoms with Gasteiger partial charge in [-0.05, 0) is 0 Å². The van der Waals surface area contributed by atoms with Crippen LogP contribution in [0.2, 0.25) is 0 Å². The van der Waals surface area contributed by atoms with E-state index in [1.54, 1.807) is 5.32 Å². The molecule has 0 aliphatic carbocycles. The molecule has 0 saturated carbocycles. The monoisotopic (exact) mass is 166 g/mol. The molecule has 1 rings (SSSR count). The summed E-state index contributed by atoms with van der Waals surface area (Å²) in [6, 6.07) is 0. The lowest BCUT2D eigenvalue weighted by Crippen LogP contribution is -2.23. The molecular weight excluding hydrogens is 162 g/mol. The van der Waals surface area contributed by atoms with Crippen LogP contribution in [0.5, 0.6) is 0 Å². The van der Waals surface area contributed by atoms with Crippen molar-refractivity contribution in [2.24, 2.45) is 4.99 Å². The normalized spacial score (nSPS) is 18.5. The quantitative estimate of drug-likeness (QED) is 0.461. The van der Waals surface area contributed by atoms with Crippen LogP contribution in [0.25, 0.3) is 0 Å². The summed E-state index contributed by atoms with van der Waals surface area (Å²) >= 11 is 5.29. The molecule has 0 aromatic carbocycles. The number of halogens is 3. The highest BCUT2D eigenvalue weighted by Crippen LogP contribution is 2.10. The van der Waals surface area contributed by atoms with Gasteiger partial charge in [0.2, 0.25) is 0 Å². The summed E-state index contributed by atoms with van der Waals surface area (Å²) in [4.78, 5) is 3.29. The van der Waals surface area contributed by atoms with Gasteiger partial charge in [0.05, 0.1) is 6.54 Å². The second-order valence-corrected chi connectivity index (χ2v) is 2.05. The average Bonchev–Trinajstić information content (AvgIpc) is 1.88. The largest absolute Gasteiger partial charge is 0.292 e. The molecule has 0 aromatic rings. The van der Waals surface area contributed by atoms with Crippen LogP contribution in [-0.4, -0.2) is 18.5 Å². The summed E-state index contributed by atoms with van der Waals surface area (Å²) in [5.74, 6) is -0.683. The lowest BCUT2D eigenvalue weighted by Gasteiger charge is -2.09. The molecule has 0 fully saturated rings. The van der Waals surface area contributed by atoms with E-state index in [4.69, 9.17) is 11.6 Å². The van der Waals surface area contributed by atoms with Crippen molar-refractivity contribution in [1.82, 2.24) is 5.32 Å². The van der Waals surface area contributed by atoms with E-state index in [-0.39, 0.29) is 18.0 Å². The van der Waals surface area contributed by atoms with Crippen molar-refractivity contribution in [3.05, 3.63) is 11.5 Å². The van der Waals surface area contributed by atoms with Gasteiger partial charge in [-0.25, -0.2) is 4.99 Å². The first-order valence-electron chi connectivity index (χ1n) is 2.64. The summed E-state index contributed by atoms with van der Waals surface area (Å²) in [6.07, 6.45) is -0.897. The predicted molar refractivity (Wildman–Crippen MR) is 35.4 cm³/mol. The minimum Gasteiger partial charge on any atom is -0.292 e. The molecule has 0 saturated heterocycles. The van der Waals surface area contributed by atoms with Crippen LogP contribution in [0.1, 0.15) is 0 Å². The van der Waals surface area contributed by atoms with Crippen molar-refractivity contribution < 1.29 is 8.78 Å². The van der Waals surface area contributed by atoms with Crippen LogP contribution in [0.4, 0.5) is 8.78 Å². The van der Waals surface area contributed by atoms with Gasteiger partial charge in [0.15, 0.2) is 5.95 Å². The molecule has 0 radical (unpaired) electrons. The SMILES string of the molecule is FC1=NCC(CCl)=C(F)N1. The van der Waals surface area contributed by atoms with Crippen molar-refractivity contribution in [1.29, 1.82) is 0 Å². The van der Waals surface area contributed by atoms with E-state index in [2.05, 4.69) is 4.99 Å². The highest BCUT2D eigenvalue weighted by atomic mass is 35.5. The number of nitrogens with zero attached hydrogens (tertiary/aromatic N) is 1. The molecular formula is C5H5ClF2N2. The van der Waals surface area contributed by atoms with Crippen molar-refractivity contribution in [2.75, 3.05) is 12.4 Å². The van der Waals surface area contributed by atoms with E-state index in [9.17, 15) is 8.78 Å². The van der Waals surface area contributed by atoms with Gasteiger partial charge in [0.25, 0.3) is 6.09 Å². The van der Waals surface area contributed by atoms with Crippen molar-refractivity contribution in [3.8, 4) is 0 Å². The smallest absolute Gasteiger partial charge is 0.284 e. The van der Waals surface area contributed by atoms with Crippen LogP contribution in [-0.2, 0) is 0 Å². The van der Waals surface area contributed by atoms with E-state index >= 15 is 0 Å². The maximum atomic E-state index is 12.5. The van der Waals surface area contributed by atoms with E-state index in [0.717, 1.165) is 0 Å². The number of hydrogen-bond acceptors (Lipinski definition) is 2. The fourth-order valence-electron chi connectivity index (χ4n) is 0.554. The number of rotatable bonds is 1. The van der Waals surface area contributed by atoms with E-state index in [1.165, 1.54) is 0 Å². The van der Waals surface area contributed by atoms with Gasteiger partial charge in [-0.15, -0.1) is 11.6 Å². The maximum absolute atomic E-state index is 12.5. The Morgan fingerprint density at radius 2 is 2.30 bits per heavy atom. The van der Waals surface area contributed by atoms with Gasteiger partial charge < -0.3 is 0 Å². The van der Waals surface area contributed by atoms with Crippen molar-refractivity contribution >= 4 is 17.7 Å². The minimum absolute atomic E-state index is 0.00810. The zero-order valence-corrected chi connectivity index (χ0v) is 5.75.